The highest BCUT2D eigenvalue weighted by molar-refractivity contribution is 7.90. The predicted octanol–water partition coefficient (Wildman–Crippen LogP) is 2.44. The average Bonchev–Trinajstić information content (AvgIpc) is 2.69. The molecule has 9 heteroatoms. The molecule has 0 saturated carbocycles. The number of anilines is 1. The van der Waals surface area contributed by atoms with Crippen LogP contribution < -0.4 is 5.32 Å². The van der Waals surface area contributed by atoms with Gasteiger partial charge in [-0.05, 0) is 55.7 Å². The minimum atomic E-state index is -3.73. The number of piperidine rings is 1. The van der Waals surface area contributed by atoms with E-state index in [1.165, 1.54) is 28.6 Å². The predicted molar refractivity (Wildman–Crippen MR) is 111 cm³/mol. The number of amides is 1. The van der Waals surface area contributed by atoms with E-state index < -0.39 is 19.9 Å². The number of nitrogens with zero attached hydrogens (tertiary/aromatic N) is 1. The lowest BCUT2D eigenvalue weighted by Gasteiger charge is -2.30. The Morgan fingerprint density at radius 3 is 2.03 bits per heavy atom. The lowest BCUT2D eigenvalue weighted by molar-refractivity contribution is -0.120. The first-order valence-corrected chi connectivity index (χ1v) is 12.6. The first-order chi connectivity index (χ1) is 13.6. The molecule has 7 nitrogen and oxygen atoms in total. The van der Waals surface area contributed by atoms with E-state index in [4.69, 9.17) is 0 Å². The zero-order chi connectivity index (χ0) is 21.2. The molecule has 0 bridgehead atoms. The maximum absolute atomic E-state index is 12.8. The van der Waals surface area contributed by atoms with Gasteiger partial charge in [0, 0.05) is 31.0 Å². The Morgan fingerprint density at radius 2 is 1.48 bits per heavy atom. The van der Waals surface area contributed by atoms with Gasteiger partial charge in [-0.3, -0.25) is 4.79 Å². The smallest absolute Gasteiger partial charge is 0.243 e. The number of hydrogen-bond acceptors (Lipinski definition) is 5. The van der Waals surface area contributed by atoms with Crippen LogP contribution in [0.5, 0.6) is 0 Å². The van der Waals surface area contributed by atoms with Crippen LogP contribution in [0.3, 0.4) is 0 Å². The van der Waals surface area contributed by atoms with Crippen LogP contribution >= 0.6 is 0 Å². The molecule has 0 atom stereocenters. The molecule has 3 rings (SSSR count). The fourth-order valence-corrected chi connectivity index (χ4v) is 5.41. The van der Waals surface area contributed by atoms with Crippen LogP contribution in [0, 0.1) is 12.8 Å². The maximum atomic E-state index is 12.8. The van der Waals surface area contributed by atoms with Crippen molar-refractivity contribution >= 4 is 31.5 Å². The molecule has 29 heavy (non-hydrogen) atoms. The van der Waals surface area contributed by atoms with Gasteiger partial charge in [0.2, 0.25) is 15.9 Å². The third-order valence-corrected chi connectivity index (χ3v) is 8.16. The second kappa shape index (κ2) is 8.25. The highest BCUT2D eigenvalue weighted by Gasteiger charge is 2.32. The topological polar surface area (TPSA) is 101 Å². The minimum absolute atomic E-state index is 0.0488. The van der Waals surface area contributed by atoms with Crippen molar-refractivity contribution in [2.24, 2.45) is 5.92 Å². The van der Waals surface area contributed by atoms with E-state index in [2.05, 4.69) is 5.32 Å². The van der Waals surface area contributed by atoms with Crippen molar-refractivity contribution in [3.8, 4) is 0 Å². The van der Waals surface area contributed by atoms with Gasteiger partial charge in [-0.1, -0.05) is 18.2 Å². The zero-order valence-corrected chi connectivity index (χ0v) is 18.0. The largest absolute Gasteiger partial charge is 0.326 e. The summed E-state index contributed by atoms with van der Waals surface area (Å²) in [6, 6.07) is 12.7. The molecule has 0 aliphatic carbocycles. The number of sulfonamides is 1. The Labute approximate surface area is 171 Å². The van der Waals surface area contributed by atoms with Crippen molar-refractivity contribution in [1.29, 1.82) is 0 Å². The number of nitrogens with one attached hydrogen (secondary N) is 1. The van der Waals surface area contributed by atoms with Gasteiger partial charge in [0.25, 0.3) is 0 Å². The highest BCUT2D eigenvalue weighted by Crippen LogP contribution is 2.26. The van der Waals surface area contributed by atoms with Crippen LogP contribution in [0.25, 0.3) is 0 Å². The minimum Gasteiger partial charge on any atom is -0.326 e. The van der Waals surface area contributed by atoms with Crippen LogP contribution in [0.15, 0.2) is 58.3 Å². The van der Waals surface area contributed by atoms with Crippen molar-refractivity contribution in [1.82, 2.24) is 4.31 Å². The van der Waals surface area contributed by atoms with Gasteiger partial charge in [0.1, 0.15) is 0 Å². The molecule has 2 aromatic carbocycles. The lowest BCUT2D eigenvalue weighted by Crippen LogP contribution is -2.41. The first kappa shape index (κ1) is 21.5. The van der Waals surface area contributed by atoms with E-state index in [0.29, 0.717) is 12.8 Å². The highest BCUT2D eigenvalue weighted by atomic mass is 32.2. The number of sulfone groups is 1. The summed E-state index contributed by atoms with van der Waals surface area (Å²) in [4.78, 5) is 12.7. The number of para-hydroxylation sites is 1. The van der Waals surface area contributed by atoms with E-state index >= 15 is 0 Å². The summed E-state index contributed by atoms with van der Waals surface area (Å²) in [5.74, 6) is -0.359. The van der Waals surface area contributed by atoms with Gasteiger partial charge in [-0.15, -0.1) is 0 Å². The SMILES string of the molecule is Cc1ccccc1NC(=O)C1CCN(S(=O)(=O)c2ccc(S(C)(=O)=O)cc2)CC1. The summed E-state index contributed by atoms with van der Waals surface area (Å²) in [7, 11) is -7.12. The van der Waals surface area contributed by atoms with Crippen molar-refractivity contribution in [3.05, 3.63) is 54.1 Å². The van der Waals surface area contributed by atoms with Crippen LogP contribution in [-0.4, -0.2) is 46.4 Å². The second-order valence-electron chi connectivity index (χ2n) is 7.23. The zero-order valence-electron chi connectivity index (χ0n) is 16.3. The van der Waals surface area contributed by atoms with Crippen LogP contribution in [-0.2, 0) is 24.7 Å². The molecule has 1 fully saturated rings. The molecule has 1 amide bonds. The number of hydrogen-bond donors (Lipinski definition) is 1. The average molecular weight is 437 g/mol. The van der Waals surface area contributed by atoms with Crippen LogP contribution in [0.1, 0.15) is 18.4 Å². The summed E-state index contributed by atoms with van der Waals surface area (Å²) < 4.78 is 50.1. The summed E-state index contributed by atoms with van der Waals surface area (Å²) in [5, 5.41) is 2.92. The van der Waals surface area contributed by atoms with Gasteiger partial charge < -0.3 is 5.32 Å². The molecule has 0 radical (unpaired) electrons. The molecule has 0 spiro atoms. The van der Waals surface area contributed by atoms with Gasteiger partial charge in [-0.2, -0.15) is 4.31 Å². The molecule has 1 N–H and O–H groups in total. The van der Waals surface area contributed by atoms with E-state index in [9.17, 15) is 21.6 Å². The van der Waals surface area contributed by atoms with Crippen LogP contribution in [0.2, 0.25) is 0 Å². The second-order valence-corrected chi connectivity index (χ2v) is 11.2. The van der Waals surface area contributed by atoms with Crippen molar-refractivity contribution in [2.45, 2.75) is 29.6 Å². The van der Waals surface area contributed by atoms with E-state index in [-0.39, 0.29) is 34.7 Å². The fraction of sp³-hybridized carbons (Fsp3) is 0.350. The fourth-order valence-electron chi connectivity index (χ4n) is 3.31. The van der Waals surface area contributed by atoms with E-state index in [1.54, 1.807) is 0 Å². The van der Waals surface area contributed by atoms with Gasteiger partial charge in [0.05, 0.1) is 9.79 Å². The monoisotopic (exact) mass is 436 g/mol. The first-order valence-electron chi connectivity index (χ1n) is 9.26. The van der Waals surface area contributed by atoms with Crippen LogP contribution in [0.4, 0.5) is 5.69 Å². The summed E-state index contributed by atoms with van der Waals surface area (Å²) >= 11 is 0. The number of benzene rings is 2. The maximum Gasteiger partial charge on any atom is 0.243 e. The Hall–Kier alpha value is -2.23. The molecule has 0 unspecified atom stereocenters. The number of carbonyl (C=O) groups is 1. The Kier molecular flexibility index (Phi) is 6.11. The van der Waals surface area contributed by atoms with E-state index in [1.807, 2.05) is 31.2 Å². The lowest BCUT2D eigenvalue weighted by atomic mass is 9.97. The van der Waals surface area contributed by atoms with Gasteiger partial charge in [0.15, 0.2) is 9.84 Å². The standard InChI is InChI=1S/C20H24N2O5S2/c1-15-5-3-4-6-19(15)21-20(23)16-11-13-22(14-12-16)29(26,27)18-9-7-17(8-10-18)28(2,24)25/h3-10,16H,11-14H2,1-2H3,(H,21,23). The number of rotatable bonds is 5. The molecule has 1 saturated heterocycles. The number of aryl methyl sites for hydroxylation is 1. The summed E-state index contributed by atoms with van der Waals surface area (Å²) in [5.41, 5.74) is 1.73. The summed E-state index contributed by atoms with van der Waals surface area (Å²) in [6.07, 6.45) is 1.93. The molecule has 156 valence electrons. The Balaban J connectivity index is 1.65. The molecular weight excluding hydrogens is 412 g/mol. The number of carbonyl (C=O) groups excluding carboxylic acids is 1. The van der Waals surface area contributed by atoms with E-state index in [0.717, 1.165) is 17.5 Å². The normalized spacial score (nSPS) is 16.5. The van der Waals surface area contributed by atoms with Gasteiger partial charge >= 0.3 is 0 Å². The molecule has 1 heterocycles. The van der Waals surface area contributed by atoms with Gasteiger partial charge in [-0.25, -0.2) is 16.8 Å². The Bertz CT molecular complexity index is 1100. The molecule has 2 aromatic rings. The Morgan fingerprint density at radius 1 is 0.931 bits per heavy atom. The third kappa shape index (κ3) is 4.85. The van der Waals surface area contributed by atoms with Crippen molar-refractivity contribution in [3.63, 3.8) is 0 Å². The molecule has 0 aromatic heterocycles. The quantitative estimate of drug-likeness (QED) is 0.776. The molecule has 1 aliphatic heterocycles. The van der Waals surface area contributed by atoms with Crippen molar-refractivity contribution < 1.29 is 21.6 Å². The van der Waals surface area contributed by atoms with Crippen molar-refractivity contribution in [2.75, 3.05) is 24.7 Å². The molecule has 1 aliphatic rings. The molecular formula is C20H24N2O5S2. The summed E-state index contributed by atoms with van der Waals surface area (Å²) in [6.45, 7) is 2.39. The third-order valence-electron chi connectivity index (χ3n) is 5.12.